The van der Waals surface area contributed by atoms with Crippen LogP contribution < -0.4 is 15.0 Å². The number of benzene rings is 1. The van der Waals surface area contributed by atoms with Gasteiger partial charge >= 0.3 is 0 Å². The Balaban J connectivity index is 1.08. The summed E-state index contributed by atoms with van der Waals surface area (Å²) in [6.07, 6.45) is 9.45. The number of halogens is 1. The van der Waals surface area contributed by atoms with Crippen LogP contribution in [-0.2, 0) is 4.79 Å². The zero-order valence-corrected chi connectivity index (χ0v) is 22.0. The van der Waals surface area contributed by atoms with E-state index < -0.39 is 5.82 Å². The Morgan fingerprint density at radius 2 is 1.90 bits per heavy atom. The number of fused-ring (bicyclic) bond motifs is 2. The summed E-state index contributed by atoms with van der Waals surface area (Å²) in [7, 11) is 0. The molecule has 204 valence electrons. The third kappa shape index (κ3) is 4.63. The Bertz CT molecular complexity index is 1590. The van der Waals surface area contributed by atoms with Gasteiger partial charge < -0.3 is 24.8 Å². The van der Waals surface area contributed by atoms with Crippen molar-refractivity contribution in [2.75, 3.05) is 36.4 Å². The van der Waals surface area contributed by atoms with Gasteiger partial charge in [0.05, 0.1) is 11.1 Å². The molecule has 3 aromatic heterocycles. The molecule has 9 nitrogen and oxygen atoms in total. The Morgan fingerprint density at radius 3 is 2.67 bits per heavy atom. The Morgan fingerprint density at radius 1 is 1.10 bits per heavy atom. The predicted molar refractivity (Wildman–Crippen MR) is 150 cm³/mol. The summed E-state index contributed by atoms with van der Waals surface area (Å²) in [6.45, 7) is 7.00. The van der Waals surface area contributed by atoms with Crippen molar-refractivity contribution in [3.05, 3.63) is 73.1 Å². The molecule has 0 bridgehead atoms. The van der Waals surface area contributed by atoms with Gasteiger partial charge in [-0.25, -0.2) is 19.3 Å². The molecule has 10 heteroatoms. The molecule has 1 aromatic carbocycles. The minimum absolute atomic E-state index is 0.0433. The van der Waals surface area contributed by atoms with Gasteiger partial charge in [-0.3, -0.25) is 4.79 Å². The maximum Gasteiger partial charge on any atom is 0.245 e. The molecule has 1 saturated carbocycles. The minimum Gasteiger partial charge on any atom is -0.457 e. The van der Waals surface area contributed by atoms with Crippen LogP contribution in [0.3, 0.4) is 0 Å². The number of likely N-dealkylation sites (tertiary alicyclic amines) is 1. The molecule has 40 heavy (non-hydrogen) atoms. The van der Waals surface area contributed by atoms with Crippen LogP contribution in [0.1, 0.15) is 30.7 Å². The summed E-state index contributed by atoms with van der Waals surface area (Å²) >= 11 is 0. The average Bonchev–Trinajstić information content (AvgIpc) is 3.36. The second-order valence-electron chi connectivity index (χ2n) is 10.9. The van der Waals surface area contributed by atoms with Gasteiger partial charge in [-0.05, 0) is 66.9 Å². The number of ether oxygens (including phenoxy) is 1. The molecule has 3 fully saturated rings. The summed E-state index contributed by atoms with van der Waals surface area (Å²) in [6, 6.07) is 8.46. The van der Waals surface area contributed by atoms with E-state index in [1.807, 2.05) is 17.2 Å². The number of carbonyl (C=O) groups excluding carboxylic acids is 1. The topological polar surface area (TPSA) is 99.3 Å². The maximum absolute atomic E-state index is 15.3. The van der Waals surface area contributed by atoms with Crippen molar-refractivity contribution >= 4 is 34.3 Å². The van der Waals surface area contributed by atoms with Crippen LogP contribution in [0.25, 0.3) is 11.0 Å². The van der Waals surface area contributed by atoms with E-state index in [0.29, 0.717) is 36.1 Å². The van der Waals surface area contributed by atoms with E-state index in [1.54, 1.807) is 24.4 Å². The molecule has 2 unspecified atom stereocenters. The molecule has 7 rings (SSSR count). The highest BCUT2D eigenvalue weighted by molar-refractivity contribution is 5.92. The fraction of sp³-hybridized carbons (Fsp3) is 0.333. The molecule has 5 heterocycles. The Kier molecular flexibility index (Phi) is 6.10. The van der Waals surface area contributed by atoms with Crippen LogP contribution in [-0.4, -0.2) is 56.9 Å². The quantitative estimate of drug-likeness (QED) is 0.305. The highest BCUT2D eigenvalue weighted by atomic mass is 19.1. The summed E-state index contributed by atoms with van der Waals surface area (Å²) in [5.41, 5.74) is 2.03. The van der Waals surface area contributed by atoms with Crippen molar-refractivity contribution < 1.29 is 13.9 Å². The second-order valence-corrected chi connectivity index (χ2v) is 10.9. The summed E-state index contributed by atoms with van der Waals surface area (Å²) in [5.74, 6) is 3.80. The first kappa shape index (κ1) is 24.6. The average molecular weight is 540 g/mol. The van der Waals surface area contributed by atoms with Gasteiger partial charge in [0.25, 0.3) is 0 Å². The molecule has 2 saturated heterocycles. The van der Waals surface area contributed by atoms with Crippen LogP contribution in [0.15, 0.2) is 61.7 Å². The highest BCUT2D eigenvalue weighted by Gasteiger charge is 2.45. The molecule has 2 N–H and O–H groups in total. The fourth-order valence-electron chi connectivity index (χ4n) is 6.09. The SMILES string of the molecule is C=CC(=O)N1CCC(c2c[nH]c3ncnc(Nc4ccc(Oc5ccnc(N6CC7CC7C6)c5)cc4F)c23)CC1. The zero-order valence-electron chi connectivity index (χ0n) is 22.0. The standard InChI is InChI=1S/C30H30FN7O2/c1-2-27(39)37-9-6-18(7-10-37)23-14-33-29-28(23)30(35-17-34-29)36-25-4-3-21(12-24(25)31)40-22-5-8-32-26(13-22)38-15-19-11-20(19)16-38/h2-5,8,12-14,17-20H,1,6-7,9-11,15-16H2,(H2,33,34,35,36). The largest absolute Gasteiger partial charge is 0.457 e. The zero-order chi connectivity index (χ0) is 27.2. The lowest BCUT2D eigenvalue weighted by atomic mass is 9.89. The summed E-state index contributed by atoms with van der Waals surface area (Å²) < 4.78 is 21.3. The van der Waals surface area contributed by atoms with Gasteiger partial charge in [-0.2, -0.15) is 0 Å². The monoisotopic (exact) mass is 539 g/mol. The number of amides is 1. The smallest absolute Gasteiger partial charge is 0.245 e. The van der Waals surface area contributed by atoms with Gasteiger partial charge in [0.2, 0.25) is 5.91 Å². The number of nitrogens with one attached hydrogen (secondary N) is 2. The van der Waals surface area contributed by atoms with Crippen molar-refractivity contribution in [1.29, 1.82) is 0 Å². The summed E-state index contributed by atoms with van der Waals surface area (Å²) in [4.78, 5) is 32.6. The molecule has 2 atom stereocenters. The molecule has 0 spiro atoms. The Labute approximate surface area is 231 Å². The first-order chi connectivity index (χ1) is 19.6. The fourth-order valence-corrected chi connectivity index (χ4v) is 6.09. The first-order valence-electron chi connectivity index (χ1n) is 13.7. The molecule has 0 radical (unpaired) electrons. The number of nitrogens with zero attached hydrogens (tertiary/aromatic N) is 5. The van der Waals surface area contributed by atoms with E-state index in [1.165, 1.54) is 24.9 Å². The number of piperidine rings is 2. The van der Waals surface area contributed by atoms with E-state index in [0.717, 1.165) is 54.5 Å². The van der Waals surface area contributed by atoms with Gasteiger partial charge in [-0.15, -0.1) is 0 Å². The number of carbonyl (C=O) groups is 1. The molecule has 1 aliphatic carbocycles. The maximum atomic E-state index is 15.3. The van der Waals surface area contributed by atoms with Crippen molar-refractivity contribution in [1.82, 2.24) is 24.8 Å². The lowest BCUT2D eigenvalue weighted by Gasteiger charge is -2.31. The predicted octanol–water partition coefficient (Wildman–Crippen LogP) is 5.38. The lowest BCUT2D eigenvalue weighted by Crippen LogP contribution is -2.36. The van der Waals surface area contributed by atoms with Crippen LogP contribution in [0, 0.1) is 17.7 Å². The summed E-state index contributed by atoms with van der Waals surface area (Å²) in [5, 5.41) is 4.00. The molecule has 3 aliphatic rings. The number of rotatable bonds is 7. The van der Waals surface area contributed by atoms with Crippen LogP contribution >= 0.6 is 0 Å². The second kappa shape index (κ2) is 9.93. The van der Waals surface area contributed by atoms with E-state index in [4.69, 9.17) is 4.74 Å². The number of hydrogen-bond acceptors (Lipinski definition) is 7. The van der Waals surface area contributed by atoms with Gasteiger partial charge in [0, 0.05) is 50.7 Å². The van der Waals surface area contributed by atoms with Crippen molar-refractivity contribution in [3.8, 4) is 11.5 Å². The Hall–Kier alpha value is -4.47. The van der Waals surface area contributed by atoms with E-state index in [2.05, 4.69) is 36.7 Å². The highest BCUT2D eigenvalue weighted by Crippen LogP contribution is 2.46. The van der Waals surface area contributed by atoms with E-state index in [-0.39, 0.29) is 17.5 Å². The normalized spacial score (nSPS) is 20.4. The lowest BCUT2D eigenvalue weighted by molar-refractivity contribution is -0.127. The van der Waals surface area contributed by atoms with Crippen molar-refractivity contribution in [2.45, 2.75) is 25.2 Å². The van der Waals surface area contributed by atoms with E-state index in [9.17, 15) is 4.79 Å². The number of hydrogen-bond donors (Lipinski definition) is 2. The van der Waals surface area contributed by atoms with Crippen molar-refractivity contribution in [2.24, 2.45) is 11.8 Å². The molecular weight excluding hydrogens is 509 g/mol. The van der Waals surface area contributed by atoms with Crippen molar-refractivity contribution in [3.63, 3.8) is 0 Å². The van der Waals surface area contributed by atoms with Gasteiger partial charge in [-0.1, -0.05) is 6.58 Å². The molecular formula is C30H30FN7O2. The van der Waals surface area contributed by atoms with Crippen LogP contribution in [0.4, 0.5) is 21.7 Å². The number of H-pyrrole nitrogens is 1. The first-order valence-corrected chi connectivity index (χ1v) is 13.7. The number of anilines is 3. The molecule has 4 aromatic rings. The molecule has 1 amide bonds. The van der Waals surface area contributed by atoms with Gasteiger partial charge in [0.15, 0.2) is 0 Å². The van der Waals surface area contributed by atoms with Crippen LogP contribution in [0.5, 0.6) is 11.5 Å². The van der Waals surface area contributed by atoms with Crippen LogP contribution in [0.2, 0.25) is 0 Å². The third-order valence-electron chi connectivity index (χ3n) is 8.37. The number of aromatic amines is 1. The number of pyridine rings is 1. The van der Waals surface area contributed by atoms with E-state index >= 15 is 4.39 Å². The minimum atomic E-state index is -0.452. The van der Waals surface area contributed by atoms with Gasteiger partial charge in [0.1, 0.15) is 40.9 Å². The third-order valence-corrected chi connectivity index (χ3v) is 8.37. The number of aromatic nitrogens is 4. The molecule has 2 aliphatic heterocycles.